The van der Waals surface area contributed by atoms with Crippen LogP contribution in [0.1, 0.15) is 0 Å². The molecule has 0 aromatic heterocycles. The Bertz CT molecular complexity index is 1210. The van der Waals surface area contributed by atoms with Crippen LogP contribution in [0.3, 0.4) is 0 Å². The summed E-state index contributed by atoms with van der Waals surface area (Å²) in [5, 5.41) is 3.10. The van der Waals surface area contributed by atoms with Crippen LogP contribution in [0.4, 0.5) is 11.4 Å². The van der Waals surface area contributed by atoms with Gasteiger partial charge in [-0.05, 0) is 64.5 Å². The molecule has 0 aliphatic heterocycles. The van der Waals surface area contributed by atoms with Crippen molar-refractivity contribution in [2.75, 3.05) is 23.3 Å². The molecule has 10 heteroatoms. The molecular weight excluding hydrogens is 572 g/mol. The lowest BCUT2D eigenvalue weighted by Gasteiger charge is -2.25. The Morgan fingerprint density at radius 2 is 1.77 bits per heavy atom. The lowest BCUT2D eigenvalue weighted by molar-refractivity contribution is -0.114. The van der Waals surface area contributed by atoms with Crippen LogP contribution in [-0.4, -0.2) is 28.0 Å². The van der Waals surface area contributed by atoms with Crippen LogP contribution in [0.15, 0.2) is 80.6 Å². The van der Waals surface area contributed by atoms with E-state index in [4.69, 9.17) is 16.3 Å². The number of anilines is 2. The number of nitrogens with one attached hydrogen (secondary N) is 1. The first kappa shape index (κ1) is 23.6. The normalized spacial score (nSPS) is 11.1. The summed E-state index contributed by atoms with van der Waals surface area (Å²) >= 11 is 12.7. The number of hydrogen-bond donors (Lipinski definition) is 1. The molecule has 6 nitrogen and oxygen atoms in total. The van der Waals surface area contributed by atoms with E-state index in [1.807, 2.05) is 0 Å². The van der Waals surface area contributed by atoms with Gasteiger partial charge < -0.3 is 10.1 Å². The maximum absolute atomic E-state index is 13.6. The van der Waals surface area contributed by atoms with E-state index in [2.05, 4.69) is 37.2 Å². The van der Waals surface area contributed by atoms with Crippen molar-refractivity contribution in [3.63, 3.8) is 0 Å². The van der Waals surface area contributed by atoms with Crippen molar-refractivity contribution < 1.29 is 17.9 Å². The standard InChI is InChI=1S/C21H17Br2ClN2O4S/c1-30-19-10-7-14(22)11-20(19)31(28,29)26(16-5-3-2-4-6-16)13-21(27)25-15-8-9-17(23)18(24)12-15/h2-12H,13H2,1H3,(H,25,27). The van der Waals surface area contributed by atoms with E-state index in [9.17, 15) is 13.2 Å². The van der Waals surface area contributed by atoms with Crippen molar-refractivity contribution >= 4 is 70.8 Å². The molecule has 0 aliphatic rings. The number of benzene rings is 3. The minimum atomic E-state index is -4.14. The van der Waals surface area contributed by atoms with Gasteiger partial charge in [0, 0.05) is 14.6 Å². The quantitative estimate of drug-likeness (QED) is 0.384. The van der Waals surface area contributed by atoms with Gasteiger partial charge in [-0.15, -0.1) is 0 Å². The Hall–Kier alpha value is -2.07. The van der Waals surface area contributed by atoms with Crippen molar-refractivity contribution in [2.24, 2.45) is 0 Å². The van der Waals surface area contributed by atoms with Gasteiger partial charge >= 0.3 is 0 Å². The smallest absolute Gasteiger partial charge is 0.268 e. The molecule has 0 fully saturated rings. The van der Waals surface area contributed by atoms with Crippen molar-refractivity contribution in [2.45, 2.75) is 4.90 Å². The van der Waals surface area contributed by atoms with Crippen molar-refractivity contribution in [1.29, 1.82) is 0 Å². The third-order valence-corrected chi connectivity index (χ3v) is 7.75. The van der Waals surface area contributed by atoms with Crippen LogP contribution in [0.5, 0.6) is 5.75 Å². The number of carbonyl (C=O) groups is 1. The molecule has 1 amide bonds. The SMILES string of the molecule is COc1ccc(Br)cc1S(=O)(=O)N(CC(=O)Nc1ccc(Br)c(Cl)c1)c1ccccc1. The van der Waals surface area contributed by atoms with Gasteiger partial charge in [-0.25, -0.2) is 8.42 Å². The van der Waals surface area contributed by atoms with Crippen LogP contribution < -0.4 is 14.4 Å². The molecule has 0 spiro atoms. The molecule has 0 bridgehead atoms. The van der Waals surface area contributed by atoms with Crippen LogP contribution >= 0.6 is 43.5 Å². The highest BCUT2D eigenvalue weighted by Gasteiger charge is 2.30. The summed E-state index contributed by atoms with van der Waals surface area (Å²) in [5.74, 6) is -0.357. The van der Waals surface area contributed by atoms with E-state index in [0.29, 0.717) is 25.3 Å². The summed E-state index contributed by atoms with van der Waals surface area (Å²) in [6, 6.07) is 18.0. The maximum Gasteiger partial charge on any atom is 0.268 e. The first-order valence-electron chi connectivity index (χ1n) is 8.88. The van der Waals surface area contributed by atoms with Crippen LogP contribution in [0, 0.1) is 0 Å². The second-order valence-electron chi connectivity index (χ2n) is 6.32. The van der Waals surface area contributed by atoms with Crippen LogP contribution in [-0.2, 0) is 14.8 Å². The van der Waals surface area contributed by atoms with Gasteiger partial charge in [-0.3, -0.25) is 9.10 Å². The van der Waals surface area contributed by atoms with Gasteiger partial charge in [0.1, 0.15) is 17.2 Å². The average Bonchev–Trinajstić information content (AvgIpc) is 2.75. The zero-order valence-corrected chi connectivity index (χ0v) is 20.9. The summed E-state index contributed by atoms with van der Waals surface area (Å²) in [6.07, 6.45) is 0. The number of amides is 1. The van der Waals surface area contributed by atoms with Crippen molar-refractivity contribution in [1.82, 2.24) is 0 Å². The Morgan fingerprint density at radius 3 is 2.42 bits per heavy atom. The molecule has 162 valence electrons. The number of rotatable bonds is 7. The fourth-order valence-electron chi connectivity index (χ4n) is 2.78. The van der Waals surface area contributed by atoms with E-state index >= 15 is 0 Å². The first-order chi connectivity index (χ1) is 14.7. The van der Waals surface area contributed by atoms with Crippen molar-refractivity contribution in [3.05, 3.63) is 80.7 Å². The molecule has 3 rings (SSSR count). The molecule has 0 unspecified atom stereocenters. The first-order valence-corrected chi connectivity index (χ1v) is 12.3. The third-order valence-electron chi connectivity index (χ3n) is 4.23. The maximum atomic E-state index is 13.6. The van der Waals surface area contributed by atoms with Gasteiger partial charge in [0.15, 0.2) is 0 Å². The highest BCUT2D eigenvalue weighted by molar-refractivity contribution is 9.10. The molecule has 3 aromatic carbocycles. The molecule has 0 saturated carbocycles. The topological polar surface area (TPSA) is 75.7 Å². The number of halogens is 3. The number of carbonyl (C=O) groups excluding carboxylic acids is 1. The van der Waals surface area contributed by atoms with E-state index < -0.39 is 22.5 Å². The highest BCUT2D eigenvalue weighted by Crippen LogP contribution is 2.32. The van der Waals surface area contributed by atoms with Gasteiger partial charge in [0.05, 0.1) is 17.8 Å². The summed E-state index contributed by atoms with van der Waals surface area (Å²) in [4.78, 5) is 12.7. The molecule has 0 saturated heterocycles. The third kappa shape index (κ3) is 5.60. The predicted molar refractivity (Wildman–Crippen MR) is 129 cm³/mol. The van der Waals surface area contributed by atoms with Gasteiger partial charge in [0.25, 0.3) is 10.0 Å². The number of sulfonamides is 1. The Balaban J connectivity index is 1.98. The Morgan fingerprint density at radius 1 is 1.06 bits per heavy atom. The molecule has 0 radical (unpaired) electrons. The Kier molecular flexibility index (Phi) is 7.64. The number of para-hydroxylation sites is 1. The lowest BCUT2D eigenvalue weighted by atomic mass is 10.3. The minimum Gasteiger partial charge on any atom is -0.495 e. The molecule has 0 aliphatic carbocycles. The van der Waals surface area contributed by atoms with Gasteiger partial charge in [-0.2, -0.15) is 0 Å². The minimum absolute atomic E-state index is 0.0623. The number of ether oxygens (including phenoxy) is 1. The fraction of sp³-hybridized carbons (Fsp3) is 0.0952. The highest BCUT2D eigenvalue weighted by atomic mass is 79.9. The largest absolute Gasteiger partial charge is 0.495 e. The summed E-state index contributed by atoms with van der Waals surface area (Å²) < 4.78 is 34.7. The number of methoxy groups -OCH3 is 1. The molecule has 1 N–H and O–H groups in total. The lowest BCUT2D eigenvalue weighted by Crippen LogP contribution is -2.38. The number of nitrogens with zero attached hydrogens (tertiary/aromatic N) is 1. The van der Waals surface area contributed by atoms with Crippen molar-refractivity contribution in [3.8, 4) is 5.75 Å². The average molecular weight is 589 g/mol. The van der Waals surface area contributed by atoms with Crippen LogP contribution in [0.2, 0.25) is 5.02 Å². The van der Waals surface area contributed by atoms with Gasteiger partial charge in [0.2, 0.25) is 5.91 Å². The van der Waals surface area contributed by atoms with E-state index in [-0.39, 0.29) is 10.6 Å². The van der Waals surface area contributed by atoms with Crippen LogP contribution in [0.25, 0.3) is 0 Å². The summed E-state index contributed by atoms with van der Waals surface area (Å²) in [7, 11) is -2.75. The molecule has 31 heavy (non-hydrogen) atoms. The summed E-state index contributed by atoms with van der Waals surface area (Å²) in [5.41, 5.74) is 0.789. The molecule has 3 aromatic rings. The molecule has 0 atom stereocenters. The fourth-order valence-corrected chi connectivity index (χ4v) is 5.33. The van der Waals surface area contributed by atoms with E-state index in [1.165, 1.54) is 13.2 Å². The van der Waals surface area contributed by atoms with E-state index in [0.717, 1.165) is 4.31 Å². The molecular formula is C21H17Br2ClN2O4S. The predicted octanol–water partition coefficient (Wildman–Crippen LogP) is 5.71. The zero-order valence-electron chi connectivity index (χ0n) is 16.2. The second-order valence-corrected chi connectivity index (χ2v) is 10.3. The number of hydrogen-bond acceptors (Lipinski definition) is 4. The van der Waals surface area contributed by atoms with Gasteiger partial charge in [-0.1, -0.05) is 45.7 Å². The Labute approximate surface area is 202 Å². The van der Waals surface area contributed by atoms with E-state index in [1.54, 1.807) is 60.7 Å². The second kappa shape index (κ2) is 10.0. The zero-order chi connectivity index (χ0) is 22.6. The molecule has 0 heterocycles. The monoisotopic (exact) mass is 586 g/mol. The summed E-state index contributed by atoms with van der Waals surface area (Å²) in [6.45, 7) is -0.449.